The van der Waals surface area contributed by atoms with Gasteiger partial charge in [0.1, 0.15) is 16.5 Å². The molecule has 1 aliphatic rings. The van der Waals surface area contributed by atoms with Crippen molar-refractivity contribution in [1.29, 1.82) is 0 Å². The molecule has 0 aliphatic carbocycles. The SMILES string of the molecule is Cc1sc2nc(CN(C)C3CCOC3C)nc(N)c2c1C. The van der Waals surface area contributed by atoms with Gasteiger partial charge in [0.05, 0.1) is 18.0 Å². The number of aromatic nitrogens is 2. The summed E-state index contributed by atoms with van der Waals surface area (Å²) in [6, 6.07) is 0.428. The lowest BCUT2D eigenvalue weighted by Crippen LogP contribution is -2.36. The zero-order chi connectivity index (χ0) is 15.1. The van der Waals surface area contributed by atoms with Crippen molar-refractivity contribution in [3.63, 3.8) is 0 Å². The number of thiophene rings is 1. The van der Waals surface area contributed by atoms with Crippen LogP contribution in [-0.2, 0) is 11.3 Å². The minimum Gasteiger partial charge on any atom is -0.383 e. The summed E-state index contributed by atoms with van der Waals surface area (Å²) in [5.74, 6) is 1.39. The van der Waals surface area contributed by atoms with Gasteiger partial charge in [-0.1, -0.05) is 0 Å². The van der Waals surface area contributed by atoms with Gasteiger partial charge in [0.25, 0.3) is 0 Å². The van der Waals surface area contributed by atoms with Crippen molar-refractivity contribution in [2.45, 2.75) is 45.9 Å². The summed E-state index contributed by atoms with van der Waals surface area (Å²) in [7, 11) is 2.10. The van der Waals surface area contributed by atoms with Crippen LogP contribution in [0.1, 0.15) is 29.6 Å². The lowest BCUT2D eigenvalue weighted by molar-refractivity contribution is 0.0806. The highest BCUT2D eigenvalue weighted by Crippen LogP contribution is 2.32. The van der Waals surface area contributed by atoms with E-state index in [1.807, 2.05) is 0 Å². The molecule has 114 valence electrons. The number of nitrogen functional groups attached to an aromatic ring is 1. The summed E-state index contributed by atoms with van der Waals surface area (Å²) in [6.45, 7) is 7.84. The quantitative estimate of drug-likeness (QED) is 0.944. The third-order valence-electron chi connectivity index (χ3n) is 4.40. The van der Waals surface area contributed by atoms with Crippen LogP contribution in [0, 0.1) is 13.8 Å². The summed E-state index contributed by atoms with van der Waals surface area (Å²) in [5.41, 5.74) is 7.34. The molecule has 0 bridgehead atoms. The molecule has 2 aromatic heterocycles. The molecule has 0 amide bonds. The standard InChI is InChI=1S/C15H22N4OS/c1-8-10(3)21-15-13(8)14(16)17-12(18-15)7-19(4)11-5-6-20-9(11)2/h9,11H,5-7H2,1-4H3,(H2,16,17,18). The monoisotopic (exact) mass is 306 g/mol. The number of ether oxygens (including phenoxy) is 1. The Bertz CT molecular complexity index is 669. The molecule has 2 atom stereocenters. The van der Waals surface area contributed by atoms with E-state index < -0.39 is 0 Å². The fourth-order valence-electron chi connectivity index (χ4n) is 3.04. The fraction of sp³-hybridized carbons (Fsp3) is 0.600. The van der Waals surface area contributed by atoms with Crippen LogP contribution in [0.25, 0.3) is 10.2 Å². The smallest absolute Gasteiger partial charge is 0.146 e. The van der Waals surface area contributed by atoms with Crippen molar-refractivity contribution in [3.8, 4) is 0 Å². The van der Waals surface area contributed by atoms with Gasteiger partial charge in [-0.25, -0.2) is 9.97 Å². The van der Waals surface area contributed by atoms with E-state index in [0.29, 0.717) is 18.4 Å². The zero-order valence-electron chi connectivity index (χ0n) is 13.0. The Morgan fingerprint density at radius 3 is 2.81 bits per heavy atom. The number of rotatable bonds is 3. The Morgan fingerprint density at radius 1 is 1.38 bits per heavy atom. The molecule has 3 rings (SSSR count). The third kappa shape index (κ3) is 2.63. The van der Waals surface area contributed by atoms with Crippen molar-refractivity contribution >= 4 is 27.4 Å². The molecule has 6 heteroatoms. The minimum absolute atomic E-state index is 0.266. The Morgan fingerprint density at radius 2 is 2.14 bits per heavy atom. The van der Waals surface area contributed by atoms with E-state index in [1.165, 1.54) is 10.4 Å². The molecule has 0 aromatic carbocycles. The Labute approximate surface area is 129 Å². The molecule has 2 N–H and O–H groups in total. The van der Waals surface area contributed by atoms with Gasteiger partial charge < -0.3 is 10.5 Å². The molecule has 2 unspecified atom stereocenters. The summed E-state index contributed by atoms with van der Waals surface area (Å²) in [6.07, 6.45) is 1.33. The van der Waals surface area contributed by atoms with Crippen LogP contribution in [0.3, 0.4) is 0 Å². The number of nitrogens with zero attached hydrogens (tertiary/aromatic N) is 3. The third-order valence-corrected chi connectivity index (χ3v) is 5.50. The number of likely N-dealkylation sites (N-methyl/N-ethyl adjacent to an activating group) is 1. The highest BCUT2D eigenvalue weighted by Gasteiger charge is 2.28. The molecule has 2 aromatic rings. The molecular formula is C15H22N4OS. The summed E-state index contributed by atoms with van der Waals surface area (Å²) in [5, 5.41) is 1.02. The predicted octanol–water partition coefficient (Wildman–Crippen LogP) is 2.50. The average molecular weight is 306 g/mol. The van der Waals surface area contributed by atoms with Crippen molar-refractivity contribution < 1.29 is 4.74 Å². The molecule has 0 saturated carbocycles. The van der Waals surface area contributed by atoms with Gasteiger partial charge in [0.2, 0.25) is 0 Å². The average Bonchev–Trinajstić information content (AvgIpc) is 2.94. The summed E-state index contributed by atoms with van der Waals surface area (Å²) >= 11 is 1.69. The first-order valence-corrected chi connectivity index (χ1v) is 8.13. The highest BCUT2D eigenvalue weighted by atomic mass is 32.1. The van der Waals surface area contributed by atoms with Crippen LogP contribution < -0.4 is 5.73 Å². The van der Waals surface area contributed by atoms with E-state index >= 15 is 0 Å². The van der Waals surface area contributed by atoms with Crippen molar-refractivity contribution in [2.75, 3.05) is 19.4 Å². The number of hydrogen-bond acceptors (Lipinski definition) is 6. The van der Waals surface area contributed by atoms with E-state index in [1.54, 1.807) is 11.3 Å². The number of aryl methyl sites for hydroxylation is 2. The molecule has 0 spiro atoms. The van der Waals surface area contributed by atoms with Crippen LogP contribution in [0.5, 0.6) is 0 Å². The van der Waals surface area contributed by atoms with E-state index in [-0.39, 0.29) is 6.10 Å². The molecular weight excluding hydrogens is 284 g/mol. The summed E-state index contributed by atoms with van der Waals surface area (Å²) in [4.78, 5) is 13.7. The van der Waals surface area contributed by atoms with E-state index in [9.17, 15) is 0 Å². The minimum atomic E-state index is 0.266. The second-order valence-electron chi connectivity index (χ2n) is 5.84. The van der Waals surface area contributed by atoms with Crippen molar-refractivity contribution in [2.24, 2.45) is 0 Å². The van der Waals surface area contributed by atoms with Gasteiger partial charge in [0, 0.05) is 17.5 Å². The lowest BCUT2D eigenvalue weighted by atomic mass is 10.1. The number of nitrogens with two attached hydrogens (primary N) is 1. The maximum Gasteiger partial charge on any atom is 0.146 e. The van der Waals surface area contributed by atoms with Gasteiger partial charge in [-0.2, -0.15) is 0 Å². The first-order valence-electron chi connectivity index (χ1n) is 7.31. The largest absolute Gasteiger partial charge is 0.383 e. The topological polar surface area (TPSA) is 64.3 Å². The molecule has 5 nitrogen and oxygen atoms in total. The van der Waals surface area contributed by atoms with Gasteiger partial charge >= 0.3 is 0 Å². The normalized spacial score (nSPS) is 22.5. The second-order valence-corrected chi connectivity index (χ2v) is 7.04. The van der Waals surface area contributed by atoms with Crippen LogP contribution in [0.2, 0.25) is 0 Å². The van der Waals surface area contributed by atoms with Gasteiger partial charge in [-0.05, 0) is 39.8 Å². The number of anilines is 1. The Balaban J connectivity index is 1.87. The van der Waals surface area contributed by atoms with E-state index in [0.717, 1.165) is 29.1 Å². The first-order chi connectivity index (χ1) is 9.97. The van der Waals surface area contributed by atoms with E-state index in [4.69, 9.17) is 15.5 Å². The maximum atomic E-state index is 6.14. The first kappa shape index (κ1) is 14.7. The highest BCUT2D eigenvalue weighted by molar-refractivity contribution is 7.18. The zero-order valence-corrected chi connectivity index (χ0v) is 13.8. The Hall–Kier alpha value is -1.24. The molecule has 1 fully saturated rings. The van der Waals surface area contributed by atoms with Crippen LogP contribution >= 0.6 is 11.3 Å². The van der Waals surface area contributed by atoms with Gasteiger partial charge in [-0.3, -0.25) is 4.90 Å². The van der Waals surface area contributed by atoms with Crippen LogP contribution in [-0.4, -0.2) is 40.7 Å². The van der Waals surface area contributed by atoms with Crippen LogP contribution in [0.4, 0.5) is 5.82 Å². The van der Waals surface area contributed by atoms with E-state index in [2.05, 4.69) is 37.7 Å². The molecule has 21 heavy (non-hydrogen) atoms. The fourth-order valence-corrected chi connectivity index (χ4v) is 4.09. The Kier molecular flexibility index (Phi) is 3.86. The maximum absolute atomic E-state index is 6.14. The van der Waals surface area contributed by atoms with Crippen LogP contribution in [0.15, 0.2) is 0 Å². The molecule has 3 heterocycles. The van der Waals surface area contributed by atoms with Gasteiger partial charge in [-0.15, -0.1) is 11.3 Å². The van der Waals surface area contributed by atoms with Gasteiger partial charge in [0.15, 0.2) is 0 Å². The van der Waals surface area contributed by atoms with Crippen molar-refractivity contribution in [3.05, 3.63) is 16.3 Å². The molecule has 1 saturated heterocycles. The number of hydrogen-bond donors (Lipinski definition) is 1. The number of fused-ring (bicyclic) bond motifs is 1. The summed E-state index contributed by atoms with van der Waals surface area (Å²) < 4.78 is 5.63. The van der Waals surface area contributed by atoms with Crippen molar-refractivity contribution in [1.82, 2.24) is 14.9 Å². The molecule has 0 radical (unpaired) electrons. The lowest BCUT2D eigenvalue weighted by Gasteiger charge is -2.25. The molecule has 1 aliphatic heterocycles. The second kappa shape index (κ2) is 5.51. The predicted molar refractivity (Wildman–Crippen MR) is 86.6 cm³/mol.